The average molecular weight is 256 g/mol. The molecule has 96 valence electrons. The Kier molecular flexibility index (Phi) is 6.27. The Morgan fingerprint density at radius 3 is 2.71 bits per heavy atom. The van der Waals surface area contributed by atoms with Gasteiger partial charge in [0.15, 0.2) is 0 Å². The fourth-order valence-electron chi connectivity index (χ4n) is 1.80. The van der Waals surface area contributed by atoms with Gasteiger partial charge in [0, 0.05) is 30.2 Å². The Hall–Kier alpha value is -0.830. The molecule has 17 heavy (non-hydrogen) atoms. The number of anilines is 1. The van der Waals surface area contributed by atoms with Gasteiger partial charge in [0.05, 0.1) is 0 Å². The molecule has 0 fully saturated rings. The standard InChI is InChI=1S/C13H22ClN3/c1-4-6-12-9-13(16-10-15-12)17(11(2)3)8-5-7-14/h9-11H,4-8H2,1-3H3. The lowest BCUT2D eigenvalue weighted by molar-refractivity contribution is 0.661. The Bertz CT molecular complexity index is 328. The monoisotopic (exact) mass is 255 g/mol. The van der Waals surface area contributed by atoms with Crippen LogP contribution in [0.2, 0.25) is 0 Å². The number of halogens is 1. The molecule has 0 aliphatic carbocycles. The first kappa shape index (κ1) is 14.2. The van der Waals surface area contributed by atoms with E-state index in [1.165, 1.54) is 0 Å². The van der Waals surface area contributed by atoms with Gasteiger partial charge in [0.2, 0.25) is 0 Å². The molecule has 1 heterocycles. The lowest BCUT2D eigenvalue weighted by Gasteiger charge is -2.27. The van der Waals surface area contributed by atoms with E-state index in [1.807, 2.05) is 0 Å². The number of hydrogen-bond acceptors (Lipinski definition) is 3. The molecule has 0 aliphatic rings. The summed E-state index contributed by atoms with van der Waals surface area (Å²) in [4.78, 5) is 10.9. The second-order valence-electron chi connectivity index (χ2n) is 4.45. The van der Waals surface area contributed by atoms with E-state index in [9.17, 15) is 0 Å². The van der Waals surface area contributed by atoms with Crippen molar-refractivity contribution in [3.8, 4) is 0 Å². The minimum absolute atomic E-state index is 0.433. The third-order valence-corrected chi connectivity index (χ3v) is 2.93. The Morgan fingerprint density at radius 2 is 2.12 bits per heavy atom. The molecule has 0 N–H and O–H groups in total. The van der Waals surface area contributed by atoms with Gasteiger partial charge in [0.25, 0.3) is 0 Å². The molecule has 0 amide bonds. The minimum Gasteiger partial charge on any atom is -0.354 e. The summed E-state index contributed by atoms with van der Waals surface area (Å²) in [5.41, 5.74) is 1.12. The zero-order chi connectivity index (χ0) is 12.7. The van der Waals surface area contributed by atoms with Gasteiger partial charge in [-0.05, 0) is 26.7 Å². The molecule has 0 atom stereocenters. The molecule has 1 aromatic heterocycles. The lowest BCUT2D eigenvalue weighted by atomic mass is 10.2. The van der Waals surface area contributed by atoms with Crippen LogP contribution >= 0.6 is 11.6 Å². The van der Waals surface area contributed by atoms with Crippen molar-refractivity contribution in [1.82, 2.24) is 9.97 Å². The second kappa shape index (κ2) is 7.49. The highest BCUT2D eigenvalue weighted by atomic mass is 35.5. The molecule has 0 saturated heterocycles. The van der Waals surface area contributed by atoms with Crippen LogP contribution in [0.15, 0.2) is 12.4 Å². The van der Waals surface area contributed by atoms with Crippen molar-refractivity contribution in [2.24, 2.45) is 0 Å². The molecule has 0 bridgehead atoms. The van der Waals surface area contributed by atoms with Gasteiger partial charge in [-0.3, -0.25) is 0 Å². The topological polar surface area (TPSA) is 29.0 Å². The van der Waals surface area contributed by atoms with Crippen molar-refractivity contribution >= 4 is 17.4 Å². The molecule has 0 unspecified atom stereocenters. The molecule has 0 spiro atoms. The molecule has 0 radical (unpaired) electrons. The fraction of sp³-hybridized carbons (Fsp3) is 0.692. The van der Waals surface area contributed by atoms with Crippen LogP contribution in [0, 0.1) is 0 Å². The first-order chi connectivity index (χ1) is 8.19. The molecule has 3 nitrogen and oxygen atoms in total. The van der Waals surface area contributed by atoms with E-state index < -0.39 is 0 Å². The highest BCUT2D eigenvalue weighted by molar-refractivity contribution is 6.17. The number of rotatable bonds is 7. The van der Waals surface area contributed by atoms with Crippen molar-refractivity contribution in [2.75, 3.05) is 17.3 Å². The highest BCUT2D eigenvalue weighted by Crippen LogP contribution is 2.15. The maximum absolute atomic E-state index is 5.76. The predicted octanol–water partition coefficient (Wildman–Crippen LogP) is 3.27. The summed E-state index contributed by atoms with van der Waals surface area (Å²) in [5.74, 6) is 1.71. The summed E-state index contributed by atoms with van der Waals surface area (Å²) >= 11 is 5.76. The van der Waals surface area contributed by atoms with Crippen LogP contribution in [-0.2, 0) is 6.42 Å². The van der Waals surface area contributed by atoms with Crippen molar-refractivity contribution in [3.05, 3.63) is 18.1 Å². The number of hydrogen-bond donors (Lipinski definition) is 0. The quantitative estimate of drug-likeness (QED) is 0.701. The summed E-state index contributed by atoms with van der Waals surface area (Å²) in [5, 5.41) is 0. The maximum atomic E-state index is 5.76. The minimum atomic E-state index is 0.433. The Labute approximate surface area is 109 Å². The molecule has 0 aromatic carbocycles. The smallest absolute Gasteiger partial charge is 0.132 e. The van der Waals surface area contributed by atoms with Crippen LogP contribution in [-0.4, -0.2) is 28.4 Å². The van der Waals surface area contributed by atoms with Gasteiger partial charge < -0.3 is 4.90 Å². The third-order valence-electron chi connectivity index (χ3n) is 2.67. The average Bonchev–Trinajstić information content (AvgIpc) is 2.30. The van der Waals surface area contributed by atoms with E-state index in [-0.39, 0.29) is 0 Å². The first-order valence-electron chi connectivity index (χ1n) is 6.32. The van der Waals surface area contributed by atoms with Crippen LogP contribution in [0.1, 0.15) is 39.3 Å². The van der Waals surface area contributed by atoms with Gasteiger partial charge in [-0.1, -0.05) is 13.3 Å². The molecular formula is C13H22ClN3. The van der Waals surface area contributed by atoms with Crippen molar-refractivity contribution < 1.29 is 0 Å². The zero-order valence-electron chi connectivity index (χ0n) is 11.0. The summed E-state index contributed by atoms with van der Waals surface area (Å²) < 4.78 is 0. The van der Waals surface area contributed by atoms with Gasteiger partial charge >= 0.3 is 0 Å². The van der Waals surface area contributed by atoms with E-state index >= 15 is 0 Å². The van der Waals surface area contributed by atoms with Crippen molar-refractivity contribution in [2.45, 2.75) is 46.1 Å². The van der Waals surface area contributed by atoms with E-state index in [0.29, 0.717) is 11.9 Å². The molecule has 0 saturated carbocycles. The normalized spacial score (nSPS) is 10.9. The SMILES string of the molecule is CCCc1cc(N(CCCCl)C(C)C)ncn1. The Balaban J connectivity index is 2.81. The zero-order valence-corrected chi connectivity index (χ0v) is 11.7. The number of aromatic nitrogens is 2. The number of alkyl halides is 1. The second-order valence-corrected chi connectivity index (χ2v) is 4.83. The van der Waals surface area contributed by atoms with E-state index in [4.69, 9.17) is 11.6 Å². The fourth-order valence-corrected chi connectivity index (χ4v) is 1.92. The molecular weight excluding hydrogens is 234 g/mol. The predicted molar refractivity (Wildman–Crippen MR) is 73.8 cm³/mol. The van der Waals surface area contributed by atoms with Crippen LogP contribution in [0.5, 0.6) is 0 Å². The van der Waals surface area contributed by atoms with Crippen LogP contribution < -0.4 is 4.90 Å². The van der Waals surface area contributed by atoms with Gasteiger partial charge in [-0.25, -0.2) is 9.97 Å². The largest absolute Gasteiger partial charge is 0.354 e. The van der Waals surface area contributed by atoms with Crippen LogP contribution in [0.3, 0.4) is 0 Å². The van der Waals surface area contributed by atoms with Crippen molar-refractivity contribution in [3.63, 3.8) is 0 Å². The van der Waals surface area contributed by atoms with E-state index in [0.717, 1.165) is 37.3 Å². The van der Waals surface area contributed by atoms with Gasteiger partial charge in [-0.15, -0.1) is 11.6 Å². The van der Waals surface area contributed by atoms with Crippen molar-refractivity contribution in [1.29, 1.82) is 0 Å². The number of nitrogens with zero attached hydrogens (tertiary/aromatic N) is 3. The summed E-state index contributed by atoms with van der Waals surface area (Å²) in [7, 11) is 0. The summed E-state index contributed by atoms with van der Waals surface area (Å²) in [6, 6.07) is 2.53. The van der Waals surface area contributed by atoms with E-state index in [1.54, 1.807) is 6.33 Å². The maximum Gasteiger partial charge on any atom is 0.132 e. The van der Waals surface area contributed by atoms with Crippen LogP contribution in [0.25, 0.3) is 0 Å². The van der Waals surface area contributed by atoms with E-state index in [2.05, 4.69) is 41.7 Å². The molecule has 1 aromatic rings. The Morgan fingerprint density at radius 1 is 1.35 bits per heavy atom. The van der Waals surface area contributed by atoms with Crippen LogP contribution in [0.4, 0.5) is 5.82 Å². The lowest BCUT2D eigenvalue weighted by Crippen LogP contribution is -2.32. The van der Waals surface area contributed by atoms with Gasteiger partial charge in [-0.2, -0.15) is 0 Å². The first-order valence-corrected chi connectivity index (χ1v) is 6.86. The molecule has 4 heteroatoms. The summed E-state index contributed by atoms with van der Waals surface area (Å²) in [6.07, 6.45) is 4.76. The number of aryl methyl sites for hydroxylation is 1. The van der Waals surface area contributed by atoms with Gasteiger partial charge in [0.1, 0.15) is 12.1 Å². The molecule has 1 rings (SSSR count). The highest BCUT2D eigenvalue weighted by Gasteiger charge is 2.12. The third kappa shape index (κ3) is 4.50. The summed E-state index contributed by atoms with van der Waals surface area (Å²) in [6.45, 7) is 7.46. The molecule has 0 aliphatic heterocycles.